The molecule has 7 heteroatoms. The van der Waals surface area contributed by atoms with E-state index >= 15 is 0 Å². The Morgan fingerprint density at radius 2 is 1.50 bits per heavy atom. The van der Waals surface area contributed by atoms with Gasteiger partial charge in [-0.05, 0) is 61.8 Å². The van der Waals surface area contributed by atoms with Crippen LogP contribution in [0.3, 0.4) is 0 Å². The maximum atomic E-state index is 12.9. The van der Waals surface area contributed by atoms with E-state index in [0.717, 1.165) is 37.5 Å². The van der Waals surface area contributed by atoms with Crippen LogP contribution in [0.2, 0.25) is 0 Å². The first-order valence-electron chi connectivity index (χ1n) is 9.37. The molecule has 4 fully saturated rings. The summed E-state index contributed by atoms with van der Waals surface area (Å²) < 4.78 is 0.958. The number of aromatic nitrogens is 2. The Hall–Kier alpha value is -2.57. The lowest BCUT2D eigenvalue weighted by molar-refractivity contribution is -0.620. The zero-order valence-corrected chi connectivity index (χ0v) is 14.4. The van der Waals surface area contributed by atoms with Crippen molar-refractivity contribution in [2.24, 2.45) is 23.7 Å². The number of anilines is 1. The number of para-hydroxylation sites is 2. The van der Waals surface area contributed by atoms with Crippen LogP contribution in [0, 0.1) is 34.1 Å². The van der Waals surface area contributed by atoms with Crippen LogP contribution in [0.4, 0.5) is 5.82 Å². The Labute approximate surface area is 151 Å². The molecule has 0 aliphatic heterocycles. The third-order valence-corrected chi connectivity index (χ3v) is 6.72. The van der Waals surface area contributed by atoms with E-state index in [9.17, 15) is 15.2 Å². The molecule has 0 unspecified atom stereocenters. The summed E-state index contributed by atoms with van der Waals surface area (Å²) in [6, 6.07) is 6.44. The van der Waals surface area contributed by atoms with Crippen LogP contribution in [0.5, 0.6) is 0 Å². The fraction of sp³-hybridized carbons (Fsp3) is 0.526. The molecule has 1 aromatic heterocycles. The third-order valence-electron chi connectivity index (χ3n) is 6.72. The van der Waals surface area contributed by atoms with Gasteiger partial charge >= 0.3 is 17.4 Å². The lowest BCUT2D eigenvalue weighted by Gasteiger charge is -2.54. The van der Waals surface area contributed by atoms with Crippen LogP contribution in [0.25, 0.3) is 11.0 Å². The number of carbonyl (C=O) groups excluding carboxylic acids is 1. The van der Waals surface area contributed by atoms with E-state index in [-0.39, 0.29) is 28.6 Å². The van der Waals surface area contributed by atoms with Gasteiger partial charge in [-0.15, -0.1) is 4.73 Å². The maximum Gasteiger partial charge on any atom is 0.372 e. The predicted molar refractivity (Wildman–Crippen MR) is 94.6 cm³/mol. The lowest BCUT2D eigenvalue weighted by atomic mass is 9.54. The average Bonchev–Trinajstić information content (AvgIpc) is 2.62. The highest BCUT2D eigenvalue weighted by Crippen LogP contribution is 2.53. The van der Waals surface area contributed by atoms with Crippen molar-refractivity contribution in [1.82, 2.24) is 5.32 Å². The second-order valence-corrected chi connectivity index (χ2v) is 8.24. The second kappa shape index (κ2) is 5.46. The quantitative estimate of drug-likeness (QED) is 0.625. The molecule has 1 heterocycles. The first-order chi connectivity index (χ1) is 12.5. The minimum absolute atomic E-state index is 0.0845. The Bertz CT molecular complexity index is 885. The Kier molecular flexibility index (Phi) is 3.29. The minimum Gasteiger partial charge on any atom is -0.710 e. The summed E-state index contributed by atoms with van der Waals surface area (Å²) in [6.45, 7) is 0. The van der Waals surface area contributed by atoms with Crippen LogP contribution >= 0.6 is 0 Å². The van der Waals surface area contributed by atoms with Gasteiger partial charge < -0.3 is 15.7 Å². The molecular formula is C19H22N4O3. The maximum absolute atomic E-state index is 12.9. The van der Waals surface area contributed by atoms with Crippen LogP contribution in [-0.2, 0) is 0 Å². The molecule has 4 bridgehead atoms. The Morgan fingerprint density at radius 3 is 2.08 bits per heavy atom. The van der Waals surface area contributed by atoms with E-state index in [1.165, 1.54) is 18.6 Å². The number of fused-ring (bicyclic) bond motifs is 1. The van der Waals surface area contributed by atoms with Gasteiger partial charge in [0.2, 0.25) is 5.52 Å². The minimum atomic E-state index is -0.537. The highest BCUT2D eigenvalue weighted by molar-refractivity contribution is 5.95. The molecule has 0 radical (unpaired) electrons. The van der Waals surface area contributed by atoms with E-state index in [1.54, 1.807) is 12.1 Å². The Morgan fingerprint density at radius 1 is 0.962 bits per heavy atom. The number of hydrogen-bond acceptors (Lipinski definition) is 4. The van der Waals surface area contributed by atoms with Gasteiger partial charge in [-0.3, -0.25) is 10.5 Å². The SMILES string of the molecule is Nc1c(C(=O)NC2C3CC4CC(C3)CC2C4)[n+]([O-])c2ccccc2[n+]1[O-]. The lowest BCUT2D eigenvalue weighted by Crippen LogP contribution is -2.57. The second-order valence-electron chi connectivity index (χ2n) is 8.24. The van der Waals surface area contributed by atoms with Crippen LogP contribution in [0.15, 0.2) is 24.3 Å². The number of benzene rings is 1. The molecule has 1 aromatic carbocycles. The molecular weight excluding hydrogens is 332 g/mol. The van der Waals surface area contributed by atoms with E-state index in [2.05, 4.69) is 5.32 Å². The summed E-state index contributed by atoms with van der Waals surface area (Å²) in [5.41, 5.74) is 5.87. The summed E-state index contributed by atoms with van der Waals surface area (Å²) in [5, 5.41) is 28.2. The zero-order valence-electron chi connectivity index (χ0n) is 14.4. The molecule has 26 heavy (non-hydrogen) atoms. The van der Waals surface area contributed by atoms with Crippen molar-refractivity contribution in [1.29, 1.82) is 0 Å². The zero-order chi connectivity index (χ0) is 18.0. The van der Waals surface area contributed by atoms with E-state index < -0.39 is 5.91 Å². The molecule has 0 spiro atoms. The highest BCUT2D eigenvalue weighted by Gasteiger charge is 2.49. The van der Waals surface area contributed by atoms with Gasteiger partial charge in [0.25, 0.3) is 5.52 Å². The summed E-state index contributed by atoms with van der Waals surface area (Å²) in [4.78, 5) is 12.9. The normalized spacial score (nSPS) is 32.1. The number of rotatable bonds is 2. The topological polar surface area (TPSA) is 109 Å². The first kappa shape index (κ1) is 15.7. The van der Waals surface area contributed by atoms with E-state index in [0.29, 0.717) is 21.3 Å². The summed E-state index contributed by atoms with van der Waals surface area (Å²) in [5.74, 6) is 1.67. The van der Waals surface area contributed by atoms with Crippen LogP contribution in [0.1, 0.15) is 42.6 Å². The molecule has 3 N–H and O–H groups in total. The van der Waals surface area contributed by atoms with Crippen LogP contribution in [-0.4, -0.2) is 11.9 Å². The van der Waals surface area contributed by atoms with Crippen molar-refractivity contribution in [2.75, 3.05) is 5.73 Å². The molecule has 4 saturated carbocycles. The van der Waals surface area contributed by atoms with Crippen molar-refractivity contribution >= 4 is 22.8 Å². The van der Waals surface area contributed by atoms with Crippen molar-refractivity contribution < 1.29 is 14.3 Å². The molecule has 4 aliphatic carbocycles. The molecule has 7 nitrogen and oxygen atoms in total. The standard InChI is InChI=1S/C19H22N4O3/c20-18-17(22(25)14-3-1-2-4-15(14)23(18)26)19(24)21-16-12-6-10-5-11(8-12)9-13(16)7-10/h1-4,10-13,16H,5-9,20H2,(H,21,24). The third kappa shape index (κ3) is 2.15. The van der Waals surface area contributed by atoms with Crippen molar-refractivity contribution in [2.45, 2.75) is 38.1 Å². The summed E-state index contributed by atoms with van der Waals surface area (Å²) >= 11 is 0. The number of amides is 1. The van der Waals surface area contributed by atoms with Gasteiger partial charge in [0, 0.05) is 12.1 Å². The fourth-order valence-corrected chi connectivity index (χ4v) is 5.85. The van der Waals surface area contributed by atoms with Crippen LogP contribution < -0.4 is 20.5 Å². The van der Waals surface area contributed by atoms with Crippen molar-refractivity contribution in [3.63, 3.8) is 0 Å². The molecule has 136 valence electrons. The van der Waals surface area contributed by atoms with E-state index in [4.69, 9.17) is 5.73 Å². The number of hydrogen-bond donors (Lipinski definition) is 2. The number of nitrogen functional groups attached to an aromatic ring is 1. The molecule has 1 amide bonds. The van der Waals surface area contributed by atoms with Crippen molar-refractivity contribution in [3.8, 4) is 0 Å². The van der Waals surface area contributed by atoms with Gasteiger partial charge in [0.1, 0.15) is 0 Å². The van der Waals surface area contributed by atoms with Gasteiger partial charge in [-0.1, -0.05) is 12.1 Å². The Balaban J connectivity index is 1.50. The molecule has 2 aromatic rings. The molecule has 0 saturated heterocycles. The number of nitrogens with one attached hydrogen (secondary N) is 1. The first-order valence-corrected chi connectivity index (χ1v) is 9.37. The highest BCUT2D eigenvalue weighted by atomic mass is 16.5. The van der Waals surface area contributed by atoms with Gasteiger partial charge in [-0.25, -0.2) is 4.73 Å². The van der Waals surface area contributed by atoms with Gasteiger partial charge in [-0.2, -0.15) is 0 Å². The molecule has 6 rings (SSSR count). The fourth-order valence-electron chi connectivity index (χ4n) is 5.85. The van der Waals surface area contributed by atoms with Gasteiger partial charge in [0.05, 0.1) is 0 Å². The summed E-state index contributed by atoms with van der Waals surface area (Å²) in [7, 11) is 0. The largest absolute Gasteiger partial charge is 0.710 e. The predicted octanol–water partition coefficient (Wildman–Crippen LogP) is 1.24. The number of carbonyl (C=O) groups is 1. The number of nitrogens with zero attached hydrogens (tertiary/aromatic N) is 2. The van der Waals surface area contributed by atoms with Gasteiger partial charge in [0.15, 0.2) is 0 Å². The summed E-state index contributed by atoms with van der Waals surface area (Å²) in [6.07, 6.45) is 5.96. The molecule has 0 atom stereocenters. The molecule has 4 aliphatic rings. The average molecular weight is 354 g/mol. The van der Waals surface area contributed by atoms with Crippen molar-refractivity contribution in [3.05, 3.63) is 40.4 Å². The smallest absolute Gasteiger partial charge is 0.372 e. The monoisotopic (exact) mass is 354 g/mol. The number of nitrogens with two attached hydrogens (primary N) is 1. The van der Waals surface area contributed by atoms with E-state index in [1.807, 2.05) is 0 Å².